The third kappa shape index (κ3) is 3.78. The minimum atomic E-state index is -0.545. The number of nitro groups is 1. The van der Waals surface area contributed by atoms with Gasteiger partial charge >= 0.3 is 0 Å². The van der Waals surface area contributed by atoms with Crippen molar-refractivity contribution < 1.29 is 9.72 Å². The molecule has 0 saturated heterocycles. The molecule has 158 valence electrons. The number of benzene rings is 2. The van der Waals surface area contributed by atoms with Crippen molar-refractivity contribution in [3.8, 4) is 0 Å². The molecule has 7 nitrogen and oxygen atoms in total. The smallest absolute Gasteiger partial charge is 0.288 e. The van der Waals surface area contributed by atoms with Gasteiger partial charge in [0.25, 0.3) is 11.6 Å². The number of carbonyl (C=O) groups is 1. The van der Waals surface area contributed by atoms with Crippen molar-refractivity contribution in [1.82, 2.24) is 10.2 Å². The highest BCUT2D eigenvalue weighted by atomic mass is 35.5. The van der Waals surface area contributed by atoms with Crippen molar-refractivity contribution in [1.29, 1.82) is 0 Å². The third-order valence-corrected chi connectivity index (χ3v) is 7.13. The minimum Gasteiger partial charge on any atom is -0.353 e. The highest BCUT2D eigenvalue weighted by molar-refractivity contribution is 7.16. The van der Waals surface area contributed by atoms with Crippen molar-refractivity contribution in [2.24, 2.45) is 0 Å². The van der Waals surface area contributed by atoms with E-state index in [1.54, 1.807) is 17.4 Å². The van der Waals surface area contributed by atoms with E-state index >= 15 is 0 Å². The standard InChI is InChI=1S/C22H19ClN4O3S/c23-16-7-6-14(10-17(16)27(29)30)20-24-21(28)19-15-8-9-26(11-13-4-2-1-3-5-13)12-18(15)31-22(19)25-20/h1-7,10,20,25H,8-9,11-12H2,(H,24,28)/t20-/m1/s1. The molecule has 5 rings (SSSR count). The molecule has 2 N–H and O–H groups in total. The second kappa shape index (κ2) is 7.96. The van der Waals surface area contributed by atoms with Crippen LogP contribution in [0, 0.1) is 10.1 Å². The average molecular weight is 455 g/mol. The van der Waals surface area contributed by atoms with Gasteiger partial charge in [0.05, 0.1) is 10.5 Å². The minimum absolute atomic E-state index is 0.0710. The largest absolute Gasteiger partial charge is 0.353 e. The number of halogens is 1. The summed E-state index contributed by atoms with van der Waals surface area (Å²) in [6.07, 6.45) is 0.275. The number of thiophene rings is 1. The lowest BCUT2D eigenvalue weighted by Gasteiger charge is -2.28. The Kier molecular flexibility index (Phi) is 5.13. The zero-order chi connectivity index (χ0) is 21.5. The molecule has 2 aliphatic rings. The lowest BCUT2D eigenvalue weighted by molar-refractivity contribution is -0.384. The number of carbonyl (C=O) groups excluding carboxylic acids is 1. The van der Waals surface area contributed by atoms with Crippen LogP contribution in [-0.2, 0) is 19.5 Å². The number of nitrogens with one attached hydrogen (secondary N) is 2. The molecule has 0 aliphatic carbocycles. The summed E-state index contributed by atoms with van der Waals surface area (Å²) in [5.74, 6) is -0.148. The molecule has 31 heavy (non-hydrogen) atoms. The summed E-state index contributed by atoms with van der Waals surface area (Å²) in [5.41, 5.74) is 3.50. The second-order valence-corrected chi connectivity index (χ2v) is 9.19. The molecule has 0 fully saturated rings. The maximum Gasteiger partial charge on any atom is 0.288 e. The van der Waals surface area contributed by atoms with E-state index in [9.17, 15) is 14.9 Å². The van der Waals surface area contributed by atoms with E-state index < -0.39 is 11.1 Å². The fourth-order valence-electron chi connectivity index (χ4n) is 4.16. The predicted octanol–water partition coefficient (Wildman–Crippen LogP) is 4.72. The van der Waals surface area contributed by atoms with Gasteiger partial charge in [0.2, 0.25) is 0 Å². The van der Waals surface area contributed by atoms with Crippen LogP contribution >= 0.6 is 22.9 Å². The van der Waals surface area contributed by atoms with Crippen LogP contribution in [0.5, 0.6) is 0 Å². The van der Waals surface area contributed by atoms with Gasteiger partial charge in [-0.1, -0.05) is 48.0 Å². The molecule has 0 unspecified atom stereocenters. The lowest BCUT2D eigenvalue weighted by Crippen LogP contribution is -2.38. The number of hydrogen-bond acceptors (Lipinski definition) is 6. The van der Waals surface area contributed by atoms with Crippen LogP contribution in [0.4, 0.5) is 10.7 Å². The van der Waals surface area contributed by atoms with Crippen LogP contribution in [0.3, 0.4) is 0 Å². The molecule has 0 saturated carbocycles. The first-order chi connectivity index (χ1) is 15.0. The van der Waals surface area contributed by atoms with Crippen LogP contribution < -0.4 is 10.6 Å². The molecule has 9 heteroatoms. The maximum absolute atomic E-state index is 12.9. The molecule has 1 atom stereocenters. The Hall–Kier alpha value is -2.94. The van der Waals surface area contributed by atoms with Crippen molar-refractivity contribution in [2.75, 3.05) is 11.9 Å². The van der Waals surface area contributed by atoms with Crippen LogP contribution in [-0.4, -0.2) is 22.3 Å². The highest BCUT2D eigenvalue weighted by Crippen LogP contribution is 2.41. The van der Waals surface area contributed by atoms with Crippen LogP contribution in [0.15, 0.2) is 48.5 Å². The lowest BCUT2D eigenvalue weighted by atomic mass is 10.00. The number of amides is 1. The van der Waals surface area contributed by atoms with Gasteiger partial charge in [-0.15, -0.1) is 11.3 Å². The van der Waals surface area contributed by atoms with Gasteiger partial charge in [0, 0.05) is 36.1 Å². The Balaban J connectivity index is 1.39. The van der Waals surface area contributed by atoms with E-state index in [2.05, 4.69) is 27.7 Å². The second-order valence-electron chi connectivity index (χ2n) is 7.67. The van der Waals surface area contributed by atoms with Crippen LogP contribution in [0.1, 0.15) is 38.1 Å². The van der Waals surface area contributed by atoms with Crippen LogP contribution in [0.25, 0.3) is 0 Å². The van der Waals surface area contributed by atoms with Gasteiger partial charge < -0.3 is 10.6 Å². The van der Waals surface area contributed by atoms with E-state index in [0.29, 0.717) is 11.1 Å². The van der Waals surface area contributed by atoms with E-state index in [0.717, 1.165) is 36.6 Å². The SMILES string of the molecule is O=C1N[C@@H](c2ccc(Cl)c([N+](=O)[O-])c2)Nc2sc3c(c21)CCN(Cc1ccccc1)C3. The first kappa shape index (κ1) is 20.0. The summed E-state index contributed by atoms with van der Waals surface area (Å²) < 4.78 is 0. The van der Waals surface area contributed by atoms with Gasteiger partial charge in [-0.05, 0) is 23.6 Å². The topological polar surface area (TPSA) is 87.5 Å². The molecule has 0 spiro atoms. The van der Waals surface area contributed by atoms with Crippen LogP contribution in [0.2, 0.25) is 5.02 Å². The van der Waals surface area contributed by atoms with Gasteiger partial charge in [0.15, 0.2) is 0 Å². The van der Waals surface area contributed by atoms with E-state index in [4.69, 9.17) is 11.6 Å². The number of fused-ring (bicyclic) bond motifs is 3. The summed E-state index contributed by atoms with van der Waals surface area (Å²) in [4.78, 5) is 27.2. The number of anilines is 1. The number of nitro benzene ring substituents is 1. The predicted molar refractivity (Wildman–Crippen MR) is 121 cm³/mol. The molecule has 2 aliphatic heterocycles. The average Bonchev–Trinajstić information content (AvgIpc) is 3.12. The monoisotopic (exact) mass is 454 g/mol. The third-order valence-electron chi connectivity index (χ3n) is 5.66. The van der Waals surface area contributed by atoms with E-state index in [1.807, 2.05) is 18.2 Å². The van der Waals surface area contributed by atoms with Gasteiger partial charge in [-0.3, -0.25) is 19.8 Å². The quantitative estimate of drug-likeness (QED) is 0.440. The van der Waals surface area contributed by atoms with E-state index in [1.165, 1.54) is 22.6 Å². The molecule has 0 radical (unpaired) electrons. The summed E-state index contributed by atoms with van der Waals surface area (Å²) >= 11 is 7.52. The Labute approximate surface area is 187 Å². The summed E-state index contributed by atoms with van der Waals surface area (Å²) in [6.45, 7) is 2.57. The summed E-state index contributed by atoms with van der Waals surface area (Å²) in [7, 11) is 0. The first-order valence-corrected chi connectivity index (χ1v) is 11.1. The highest BCUT2D eigenvalue weighted by Gasteiger charge is 2.34. The maximum atomic E-state index is 12.9. The summed E-state index contributed by atoms with van der Waals surface area (Å²) in [6, 6.07) is 14.9. The van der Waals surface area contributed by atoms with Crippen molar-refractivity contribution in [3.63, 3.8) is 0 Å². The first-order valence-electron chi connectivity index (χ1n) is 9.91. The fourth-order valence-corrected chi connectivity index (χ4v) is 5.66. The molecule has 3 aromatic rings. The number of nitrogens with zero attached hydrogens (tertiary/aromatic N) is 2. The molecule has 1 amide bonds. The number of hydrogen-bond donors (Lipinski definition) is 2. The molecular weight excluding hydrogens is 436 g/mol. The van der Waals surface area contributed by atoms with Gasteiger partial charge in [0.1, 0.15) is 16.2 Å². The normalized spacial score (nSPS) is 18.0. The molecule has 2 aromatic carbocycles. The van der Waals surface area contributed by atoms with E-state index in [-0.39, 0.29) is 16.6 Å². The van der Waals surface area contributed by atoms with Crippen molar-refractivity contribution in [3.05, 3.63) is 90.8 Å². The molecule has 3 heterocycles. The molecular formula is C22H19ClN4O3S. The zero-order valence-corrected chi connectivity index (χ0v) is 18.0. The fraction of sp³-hybridized carbons (Fsp3) is 0.227. The van der Waals surface area contributed by atoms with Gasteiger partial charge in [-0.2, -0.15) is 0 Å². The molecule has 1 aromatic heterocycles. The Morgan fingerprint density at radius 2 is 2.00 bits per heavy atom. The molecule has 0 bridgehead atoms. The van der Waals surface area contributed by atoms with Crippen molar-refractivity contribution >= 4 is 39.5 Å². The Bertz CT molecular complexity index is 1180. The van der Waals surface area contributed by atoms with Crippen molar-refractivity contribution in [2.45, 2.75) is 25.7 Å². The Morgan fingerprint density at radius 1 is 1.19 bits per heavy atom. The number of rotatable bonds is 4. The summed E-state index contributed by atoms with van der Waals surface area (Å²) in [5, 5.41) is 18.4. The Morgan fingerprint density at radius 3 is 2.77 bits per heavy atom. The zero-order valence-electron chi connectivity index (χ0n) is 16.4. The van der Waals surface area contributed by atoms with Gasteiger partial charge in [-0.25, -0.2) is 0 Å².